The third-order valence-electron chi connectivity index (χ3n) is 2.98. The van der Waals surface area contributed by atoms with E-state index in [-0.39, 0.29) is 11.3 Å². The third-order valence-corrected chi connectivity index (χ3v) is 2.98. The molecule has 16 heavy (non-hydrogen) atoms. The fourth-order valence-corrected chi connectivity index (χ4v) is 1.95. The number of nitrogens with zero attached hydrogens (tertiary/aromatic N) is 2. The Hall–Kier alpha value is -0.830. The van der Waals surface area contributed by atoms with Crippen molar-refractivity contribution in [2.75, 3.05) is 33.7 Å². The Morgan fingerprint density at radius 3 is 2.44 bits per heavy atom. The molecule has 92 valence electrons. The highest BCUT2D eigenvalue weighted by Crippen LogP contribution is 2.29. The zero-order valence-corrected chi connectivity index (χ0v) is 11.2. The minimum atomic E-state index is 0.231. The molecule has 0 aliphatic carbocycles. The Morgan fingerprint density at radius 1 is 1.44 bits per heavy atom. The molecule has 0 aromatic heterocycles. The van der Waals surface area contributed by atoms with Crippen molar-refractivity contribution in [2.24, 2.45) is 5.41 Å². The lowest BCUT2D eigenvalue weighted by atomic mass is 9.83. The largest absolute Gasteiger partial charge is 0.338 e. The quantitative estimate of drug-likeness (QED) is 0.667. The van der Waals surface area contributed by atoms with Crippen LogP contribution in [0.15, 0.2) is 11.6 Å². The van der Waals surface area contributed by atoms with Gasteiger partial charge >= 0.3 is 0 Å². The van der Waals surface area contributed by atoms with E-state index in [4.69, 9.17) is 0 Å². The first-order valence-corrected chi connectivity index (χ1v) is 5.92. The Kier molecular flexibility index (Phi) is 4.14. The van der Waals surface area contributed by atoms with E-state index >= 15 is 0 Å². The molecule has 0 saturated heterocycles. The van der Waals surface area contributed by atoms with Crippen molar-refractivity contribution in [2.45, 2.75) is 27.2 Å². The van der Waals surface area contributed by atoms with Gasteiger partial charge in [-0.05, 0) is 25.9 Å². The van der Waals surface area contributed by atoms with E-state index in [1.807, 2.05) is 23.9 Å². The summed E-state index contributed by atoms with van der Waals surface area (Å²) < 4.78 is 0. The molecule has 0 aromatic carbocycles. The van der Waals surface area contributed by atoms with Gasteiger partial charge in [-0.15, -0.1) is 0 Å². The Balaban J connectivity index is 2.54. The van der Waals surface area contributed by atoms with Crippen LogP contribution < -0.4 is 0 Å². The zero-order valence-electron chi connectivity index (χ0n) is 11.2. The maximum Gasteiger partial charge on any atom is 0.237 e. The summed E-state index contributed by atoms with van der Waals surface area (Å²) >= 11 is 0. The molecule has 1 aliphatic rings. The van der Waals surface area contributed by atoms with Gasteiger partial charge in [0.25, 0.3) is 0 Å². The molecule has 1 heterocycles. The van der Waals surface area contributed by atoms with Gasteiger partial charge in [-0.1, -0.05) is 32.4 Å². The molecule has 3 nitrogen and oxygen atoms in total. The Labute approximate surface area is 99.1 Å². The maximum absolute atomic E-state index is 11.8. The van der Waals surface area contributed by atoms with Crippen molar-refractivity contribution in [1.82, 2.24) is 9.80 Å². The van der Waals surface area contributed by atoms with Crippen molar-refractivity contribution in [3.8, 4) is 0 Å². The van der Waals surface area contributed by atoms with E-state index in [0.717, 1.165) is 19.5 Å². The molecule has 0 aromatic rings. The molecule has 0 N–H and O–H groups in total. The van der Waals surface area contributed by atoms with E-state index in [0.29, 0.717) is 6.54 Å². The van der Waals surface area contributed by atoms with E-state index < -0.39 is 0 Å². The first kappa shape index (κ1) is 13.2. The number of rotatable bonds is 2. The van der Waals surface area contributed by atoms with Crippen molar-refractivity contribution < 1.29 is 4.79 Å². The Morgan fingerprint density at radius 2 is 2.06 bits per heavy atom. The average molecular weight is 224 g/mol. The van der Waals surface area contributed by atoms with Crippen LogP contribution in [-0.4, -0.2) is 49.4 Å². The summed E-state index contributed by atoms with van der Waals surface area (Å²) in [5, 5.41) is 0. The van der Waals surface area contributed by atoms with Gasteiger partial charge in [-0.2, -0.15) is 0 Å². The van der Waals surface area contributed by atoms with E-state index in [1.165, 1.54) is 5.57 Å². The second kappa shape index (κ2) is 5.00. The van der Waals surface area contributed by atoms with Crippen molar-refractivity contribution in [3.05, 3.63) is 11.6 Å². The average Bonchev–Trinajstić information content (AvgIpc) is 2.15. The van der Waals surface area contributed by atoms with Crippen molar-refractivity contribution >= 4 is 5.91 Å². The van der Waals surface area contributed by atoms with Crippen LogP contribution in [0.25, 0.3) is 0 Å². The number of hydrogen-bond donors (Lipinski definition) is 0. The fourth-order valence-electron chi connectivity index (χ4n) is 1.95. The standard InChI is InChI=1S/C13H24N2O/c1-13(2,3)11-6-8-15(9-7-11)12(16)10-14(4)5/h6H,7-10H2,1-5H3. The molecule has 3 heteroatoms. The van der Waals surface area contributed by atoms with Gasteiger partial charge in [0.2, 0.25) is 5.91 Å². The van der Waals surface area contributed by atoms with Crippen molar-refractivity contribution in [1.29, 1.82) is 0 Å². The summed E-state index contributed by atoms with van der Waals surface area (Å²) in [4.78, 5) is 15.7. The molecular formula is C13H24N2O. The van der Waals surface area contributed by atoms with Gasteiger partial charge in [0, 0.05) is 13.1 Å². The molecule has 0 spiro atoms. The predicted molar refractivity (Wildman–Crippen MR) is 67.3 cm³/mol. The number of hydrogen-bond acceptors (Lipinski definition) is 2. The molecule has 0 bridgehead atoms. The molecule has 0 saturated carbocycles. The van der Waals surface area contributed by atoms with Crippen molar-refractivity contribution in [3.63, 3.8) is 0 Å². The fraction of sp³-hybridized carbons (Fsp3) is 0.769. The van der Waals surface area contributed by atoms with Crippen LogP contribution in [0, 0.1) is 5.41 Å². The SMILES string of the molecule is CN(C)CC(=O)N1CC=C(C(C)(C)C)CC1. The second-order valence-corrected chi connectivity index (χ2v) is 5.81. The summed E-state index contributed by atoms with van der Waals surface area (Å²) in [7, 11) is 3.86. The summed E-state index contributed by atoms with van der Waals surface area (Å²) in [6.45, 7) is 8.86. The number of carbonyl (C=O) groups excluding carboxylic acids is 1. The first-order chi connectivity index (χ1) is 7.30. The zero-order chi connectivity index (χ0) is 12.3. The first-order valence-electron chi connectivity index (χ1n) is 5.92. The second-order valence-electron chi connectivity index (χ2n) is 5.81. The smallest absolute Gasteiger partial charge is 0.237 e. The predicted octanol–water partition coefficient (Wildman–Crippen LogP) is 1.75. The number of amides is 1. The lowest BCUT2D eigenvalue weighted by molar-refractivity contribution is -0.131. The van der Waals surface area contributed by atoms with Crippen LogP contribution in [0.3, 0.4) is 0 Å². The van der Waals surface area contributed by atoms with Crippen LogP contribution in [0.4, 0.5) is 0 Å². The molecule has 1 aliphatic heterocycles. The molecule has 0 fully saturated rings. The van der Waals surface area contributed by atoms with Gasteiger partial charge in [0.15, 0.2) is 0 Å². The minimum absolute atomic E-state index is 0.231. The molecule has 0 atom stereocenters. The lowest BCUT2D eigenvalue weighted by Gasteiger charge is -2.32. The van der Waals surface area contributed by atoms with E-state index in [1.54, 1.807) is 0 Å². The van der Waals surface area contributed by atoms with Crippen LogP contribution in [-0.2, 0) is 4.79 Å². The topological polar surface area (TPSA) is 23.6 Å². The number of likely N-dealkylation sites (N-methyl/N-ethyl adjacent to an activating group) is 1. The molecule has 1 amide bonds. The molecule has 0 radical (unpaired) electrons. The van der Waals surface area contributed by atoms with Gasteiger partial charge in [-0.25, -0.2) is 0 Å². The molecule has 0 unspecified atom stereocenters. The Bertz CT molecular complexity index is 287. The highest BCUT2D eigenvalue weighted by molar-refractivity contribution is 5.78. The maximum atomic E-state index is 11.8. The van der Waals surface area contributed by atoms with E-state index in [2.05, 4.69) is 26.8 Å². The van der Waals surface area contributed by atoms with Crippen LogP contribution in [0.2, 0.25) is 0 Å². The van der Waals surface area contributed by atoms with Gasteiger partial charge in [-0.3, -0.25) is 4.79 Å². The third kappa shape index (κ3) is 3.63. The number of carbonyl (C=O) groups is 1. The molecular weight excluding hydrogens is 200 g/mol. The highest BCUT2D eigenvalue weighted by atomic mass is 16.2. The van der Waals surface area contributed by atoms with Crippen LogP contribution in [0.1, 0.15) is 27.2 Å². The minimum Gasteiger partial charge on any atom is -0.338 e. The highest BCUT2D eigenvalue weighted by Gasteiger charge is 2.23. The summed E-state index contributed by atoms with van der Waals surface area (Å²) in [5.41, 5.74) is 1.72. The normalized spacial score (nSPS) is 17.6. The summed E-state index contributed by atoms with van der Waals surface area (Å²) in [5.74, 6) is 0.231. The summed E-state index contributed by atoms with van der Waals surface area (Å²) in [6, 6.07) is 0. The van der Waals surface area contributed by atoms with Crippen LogP contribution in [0.5, 0.6) is 0 Å². The molecule has 1 rings (SSSR count). The summed E-state index contributed by atoms with van der Waals surface area (Å²) in [6.07, 6.45) is 3.24. The van der Waals surface area contributed by atoms with Gasteiger partial charge in [0.1, 0.15) is 0 Å². The van der Waals surface area contributed by atoms with Crippen LogP contribution >= 0.6 is 0 Å². The van der Waals surface area contributed by atoms with Gasteiger partial charge < -0.3 is 9.80 Å². The lowest BCUT2D eigenvalue weighted by Crippen LogP contribution is -2.41. The monoisotopic (exact) mass is 224 g/mol. The van der Waals surface area contributed by atoms with E-state index in [9.17, 15) is 4.79 Å². The van der Waals surface area contributed by atoms with Gasteiger partial charge in [0.05, 0.1) is 6.54 Å².